The zero-order valence-electron chi connectivity index (χ0n) is 9.85. The van der Waals surface area contributed by atoms with Crippen LogP contribution >= 0.6 is 0 Å². The summed E-state index contributed by atoms with van der Waals surface area (Å²) < 4.78 is 11.1. The molecule has 0 spiro atoms. The van der Waals surface area contributed by atoms with Crippen LogP contribution in [0, 0.1) is 0 Å². The molecule has 92 valence electrons. The second-order valence-electron chi connectivity index (χ2n) is 4.69. The van der Waals surface area contributed by atoms with Crippen molar-refractivity contribution in [3.8, 4) is 17.2 Å². The van der Waals surface area contributed by atoms with Gasteiger partial charge in [-0.1, -0.05) is 11.2 Å². The predicted octanol–water partition coefficient (Wildman–Crippen LogP) is 2.42. The molecular formula is C13H13N3O2. The summed E-state index contributed by atoms with van der Waals surface area (Å²) in [7, 11) is 0. The van der Waals surface area contributed by atoms with Crippen LogP contribution in [-0.2, 0) is 0 Å². The molecule has 1 aromatic heterocycles. The van der Waals surface area contributed by atoms with Crippen LogP contribution in [0.25, 0.3) is 11.5 Å². The van der Waals surface area contributed by atoms with E-state index >= 15 is 0 Å². The highest BCUT2D eigenvalue weighted by atomic mass is 16.5. The summed E-state index contributed by atoms with van der Waals surface area (Å²) in [4.78, 5) is 4.47. The van der Waals surface area contributed by atoms with Gasteiger partial charge in [0.1, 0.15) is 6.61 Å². The Morgan fingerprint density at radius 1 is 1.28 bits per heavy atom. The van der Waals surface area contributed by atoms with Crippen LogP contribution in [0.1, 0.15) is 24.6 Å². The molecule has 0 atom stereocenters. The van der Waals surface area contributed by atoms with Crippen LogP contribution in [0.15, 0.2) is 22.7 Å². The Labute approximate surface area is 104 Å². The molecule has 0 bridgehead atoms. The highest BCUT2D eigenvalue weighted by molar-refractivity contribution is 5.74. The first kappa shape index (κ1) is 9.94. The Hall–Kier alpha value is -2.04. The molecule has 1 saturated carbocycles. The van der Waals surface area contributed by atoms with Gasteiger partial charge in [0.15, 0.2) is 11.6 Å². The largest absolute Gasteiger partial charge is 0.489 e. The first-order valence-electron chi connectivity index (χ1n) is 6.25. The number of hydrogen-bond acceptors (Lipinski definition) is 5. The molecule has 0 amide bonds. The molecule has 1 aliphatic heterocycles. The van der Waals surface area contributed by atoms with Crippen LogP contribution < -0.4 is 10.1 Å². The lowest BCUT2D eigenvalue weighted by Gasteiger charge is -2.20. The van der Waals surface area contributed by atoms with E-state index in [0.717, 1.165) is 29.4 Å². The van der Waals surface area contributed by atoms with E-state index in [0.29, 0.717) is 18.4 Å². The number of nitrogens with zero attached hydrogens (tertiary/aromatic N) is 2. The molecule has 1 aliphatic carbocycles. The minimum absolute atomic E-state index is 0.501. The van der Waals surface area contributed by atoms with E-state index in [2.05, 4.69) is 15.5 Å². The summed E-state index contributed by atoms with van der Waals surface area (Å²) in [6, 6.07) is 5.92. The molecule has 0 radical (unpaired) electrons. The minimum atomic E-state index is 0.501. The maximum absolute atomic E-state index is 5.70. The summed E-state index contributed by atoms with van der Waals surface area (Å²) >= 11 is 0. The second kappa shape index (κ2) is 3.73. The van der Waals surface area contributed by atoms with Gasteiger partial charge >= 0.3 is 0 Å². The third kappa shape index (κ3) is 1.54. The number of nitrogens with one attached hydrogen (secondary N) is 1. The minimum Gasteiger partial charge on any atom is -0.489 e. The smallest absolute Gasteiger partial charge is 0.261 e. The molecule has 2 aliphatic rings. The summed E-state index contributed by atoms with van der Waals surface area (Å²) in [5.74, 6) is 2.69. The van der Waals surface area contributed by atoms with Crippen molar-refractivity contribution in [3.05, 3.63) is 24.0 Å². The van der Waals surface area contributed by atoms with E-state index < -0.39 is 0 Å². The lowest BCUT2D eigenvalue weighted by Crippen LogP contribution is -2.18. The van der Waals surface area contributed by atoms with Crippen LogP contribution in [0.4, 0.5) is 5.69 Å². The summed E-state index contributed by atoms with van der Waals surface area (Å²) in [6.45, 7) is 1.49. The highest BCUT2D eigenvalue weighted by Crippen LogP contribution is 2.41. The normalized spacial score (nSPS) is 17.8. The molecule has 4 rings (SSSR count). The molecule has 1 N–H and O–H groups in total. The maximum Gasteiger partial charge on any atom is 0.261 e. The fourth-order valence-electron chi connectivity index (χ4n) is 2.19. The van der Waals surface area contributed by atoms with Crippen LogP contribution in [0.3, 0.4) is 0 Å². The van der Waals surface area contributed by atoms with E-state index in [4.69, 9.17) is 9.26 Å². The third-order valence-electron chi connectivity index (χ3n) is 3.29. The first-order chi connectivity index (χ1) is 8.92. The standard InChI is InChI=1S/C13H13N3O2/c1-2-9(11-10(3-1)14-6-7-17-11)13-15-12(16-18-13)8-4-5-8/h1-3,8,14H,4-7H2. The Balaban J connectivity index is 1.78. The molecule has 2 heterocycles. The zero-order chi connectivity index (χ0) is 11.9. The average molecular weight is 243 g/mol. The average Bonchev–Trinajstić information content (AvgIpc) is 3.16. The van der Waals surface area contributed by atoms with Crippen LogP contribution in [-0.4, -0.2) is 23.3 Å². The van der Waals surface area contributed by atoms with Gasteiger partial charge in [-0.3, -0.25) is 0 Å². The fraction of sp³-hybridized carbons (Fsp3) is 0.385. The van der Waals surface area contributed by atoms with Crippen molar-refractivity contribution in [3.63, 3.8) is 0 Å². The van der Waals surface area contributed by atoms with Crippen molar-refractivity contribution in [1.82, 2.24) is 10.1 Å². The van der Waals surface area contributed by atoms with Crippen molar-refractivity contribution in [2.24, 2.45) is 0 Å². The molecule has 0 saturated heterocycles. The zero-order valence-corrected chi connectivity index (χ0v) is 9.85. The van der Waals surface area contributed by atoms with Gasteiger partial charge in [0.05, 0.1) is 11.3 Å². The van der Waals surface area contributed by atoms with Crippen molar-refractivity contribution >= 4 is 5.69 Å². The molecule has 5 nitrogen and oxygen atoms in total. The van der Waals surface area contributed by atoms with E-state index in [1.54, 1.807) is 0 Å². The van der Waals surface area contributed by atoms with Crippen molar-refractivity contribution < 1.29 is 9.26 Å². The number of ether oxygens (including phenoxy) is 1. The third-order valence-corrected chi connectivity index (χ3v) is 3.29. The SMILES string of the molecule is c1cc2c(c(-c3nc(C4CC4)no3)c1)OCCN2. The fourth-order valence-corrected chi connectivity index (χ4v) is 2.19. The summed E-state index contributed by atoms with van der Waals surface area (Å²) in [5.41, 5.74) is 1.86. The van der Waals surface area contributed by atoms with Gasteiger partial charge < -0.3 is 14.6 Å². The number of hydrogen-bond donors (Lipinski definition) is 1. The first-order valence-corrected chi connectivity index (χ1v) is 6.25. The lowest BCUT2D eigenvalue weighted by molar-refractivity contribution is 0.322. The number of rotatable bonds is 2. The molecular weight excluding hydrogens is 230 g/mol. The van der Waals surface area contributed by atoms with E-state index in [1.807, 2.05) is 18.2 Å². The molecule has 1 fully saturated rings. The van der Waals surface area contributed by atoms with Crippen molar-refractivity contribution in [2.75, 3.05) is 18.5 Å². The Morgan fingerprint density at radius 2 is 2.22 bits per heavy atom. The number of benzene rings is 1. The van der Waals surface area contributed by atoms with Gasteiger partial charge in [0.2, 0.25) is 0 Å². The second-order valence-corrected chi connectivity index (χ2v) is 4.69. The van der Waals surface area contributed by atoms with E-state index in [-0.39, 0.29) is 0 Å². The number of fused-ring (bicyclic) bond motifs is 1. The summed E-state index contributed by atoms with van der Waals surface area (Å²) in [5, 5.41) is 7.34. The van der Waals surface area contributed by atoms with Crippen molar-refractivity contribution in [1.29, 1.82) is 0 Å². The van der Waals surface area contributed by atoms with Gasteiger partial charge in [0, 0.05) is 12.5 Å². The lowest BCUT2D eigenvalue weighted by atomic mass is 10.1. The molecule has 5 heteroatoms. The van der Waals surface area contributed by atoms with Gasteiger partial charge in [-0.15, -0.1) is 0 Å². The number of para-hydroxylation sites is 1. The topological polar surface area (TPSA) is 60.2 Å². The Bertz CT molecular complexity index is 590. The highest BCUT2D eigenvalue weighted by Gasteiger charge is 2.29. The molecule has 1 aromatic carbocycles. The Kier molecular flexibility index (Phi) is 2.06. The number of anilines is 1. The Morgan fingerprint density at radius 3 is 3.11 bits per heavy atom. The molecule has 2 aromatic rings. The van der Waals surface area contributed by atoms with Crippen LogP contribution in [0.2, 0.25) is 0 Å². The van der Waals surface area contributed by atoms with Gasteiger partial charge in [0.25, 0.3) is 5.89 Å². The summed E-state index contributed by atoms with van der Waals surface area (Å²) in [6.07, 6.45) is 2.34. The van der Waals surface area contributed by atoms with Gasteiger partial charge in [-0.05, 0) is 25.0 Å². The molecule has 18 heavy (non-hydrogen) atoms. The maximum atomic E-state index is 5.70. The predicted molar refractivity (Wildman–Crippen MR) is 65.7 cm³/mol. The van der Waals surface area contributed by atoms with Gasteiger partial charge in [-0.25, -0.2) is 0 Å². The number of aromatic nitrogens is 2. The molecule has 0 unspecified atom stereocenters. The quantitative estimate of drug-likeness (QED) is 0.877. The van der Waals surface area contributed by atoms with E-state index in [9.17, 15) is 0 Å². The van der Waals surface area contributed by atoms with Gasteiger partial charge in [-0.2, -0.15) is 4.98 Å². The van der Waals surface area contributed by atoms with Crippen molar-refractivity contribution in [2.45, 2.75) is 18.8 Å². The van der Waals surface area contributed by atoms with E-state index in [1.165, 1.54) is 12.8 Å². The monoisotopic (exact) mass is 243 g/mol. The van der Waals surface area contributed by atoms with Crippen LogP contribution in [0.5, 0.6) is 5.75 Å².